The summed E-state index contributed by atoms with van der Waals surface area (Å²) < 4.78 is 1.81. The zero-order chi connectivity index (χ0) is 13.7. The molecule has 0 bridgehead atoms. The molecular weight excluding hydrogens is 240 g/mol. The van der Waals surface area contributed by atoms with Crippen molar-refractivity contribution < 1.29 is 4.79 Å². The van der Waals surface area contributed by atoms with Gasteiger partial charge in [0.05, 0.1) is 6.33 Å². The van der Waals surface area contributed by atoms with Gasteiger partial charge in [-0.05, 0) is 25.8 Å². The van der Waals surface area contributed by atoms with E-state index in [9.17, 15) is 4.79 Å². The van der Waals surface area contributed by atoms with Gasteiger partial charge in [0, 0.05) is 25.8 Å². The molecule has 1 fully saturated rings. The Morgan fingerprint density at radius 3 is 2.79 bits per heavy atom. The molecule has 1 amide bonds. The highest BCUT2D eigenvalue weighted by atomic mass is 16.2. The van der Waals surface area contributed by atoms with Crippen LogP contribution in [0.4, 0.5) is 0 Å². The maximum Gasteiger partial charge on any atom is 0.274 e. The summed E-state index contributed by atoms with van der Waals surface area (Å²) in [5.74, 6) is 0.0564. The lowest BCUT2D eigenvalue weighted by atomic mass is 9.94. The topological polar surface area (TPSA) is 64.2 Å². The van der Waals surface area contributed by atoms with E-state index < -0.39 is 0 Å². The Bertz CT molecular complexity index is 409. The Labute approximate surface area is 114 Å². The summed E-state index contributed by atoms with van der Waals surface area (Å²) in [5.41, 5.74) is 6.14. The molecule has 0 aliphatic heterocycles. The summed E-state index contributed by atoms with van der Waals surface area (Å²) >= 11 is 0. The number of aromatic nitrogens is 2. The molecule has 0 spiro atoms. The summed E-state index contributed by atoms with van der Waals surface area (Å²) in [7, 11) is 1.88. The molecule has 1 aromatic heterocycles. The van der Waals surface area contributed by atoms with Crippen LogP contribution in [-0.4, -0.2) is 39.5 Å². The van der Waals surface area contributed by atoms with E-state index in [0.29, 0.717) is 18.3 Å². The zero-order valence-electron chi connectivity index (χ0n) is 11.7. The normalized spacial score (nSPS) is 16.5. The predicted molar refractivity (Wildman–Crippen MR) is 74.8 cm³/mol. The predicted octanol–water partition coefficient (Wildman–Crippen LogP) is 1.54. The number of nitrogens with two attached hydrogens (primary N) is 1. The molecule has 1 saturated carbocycles. The highest BCUT2D eigenvalue weighted by Gasteiger charge is 2.26. The maximum absolute atomic E-state index is 12.6. The molecule has 5 heteroatoms. The van der Waals surface area contributed by atoms with E-state index >= 15 is 0 Å². The van der Waals surface area contributed by atoms with E-state index in [1.807, 2.05) is 16.5 Å². The van der Waals surface area contributed by atoms with Crippen molar-refractivity contribution in [2.24, 2.45) is 12.8 Å². The molecule has 0 atom stereocenters. The summed E-state index contributed by atoms with van der Waals surface area (Å²) in [4.78, 5) is 18.7. The van der Waals surface area contributed by atoms with Gasteiger partial charge in [0.25, 0.3) is 5.91 Å². The number of rotatable bonds is 5. The molecule has 1 aromatic rings. The van der Waals surface area contributed by atoms with Crippen molar-refractivity contribution in [2.45, 2.75) is 44.6 Å². The molecule has 1 aliphatic carbocycles. The van der Waals surface area contributed by atoms with Gasteiger partial charge in [-0.25, -0.2) is 4.98 Å². The summed E-state index contributed by atoms with van der Waals surface area (Å²) in [5, 5.41) is 0. The quantitative estimate of drug-likeness (QED) is 0.877. The minimum Gasteiger partial charge on any atom is -0.340 e. The van der Waals surface area contributed by atoms with Crippen molar-refractivity contribution in [1.29, 1.82) is 0 Å². The van der Waals surface area contributed by atoms with Crippen LogP contribution in [0.2, 0.25) is 0 Å². The van der Waals surface area contributed by atoms with Crippen LogP contribution in [-0.2, 0) is 7.05 Å². The van der Waals surface area contributed by atoms with Gasteiger partial charge < -0.3 is 15.2 Å². The Hall–Kier alpha value is -1.36. The molecule has 2 rings (SSSR count). The highest BCUT2D eigenvalue weighted by molar-refractivity contribution is 5.92. The van der Waals surface area contributed by atoms with Gasteiger partial charge in [-0.2, -0.15) is 0 Å². The van der Waals surface area contributed by atoms with Crippen molar-refractivity contribution in [3.8, 4) is 0 Å². The van der Waals surface area contributed by atoms with Crippen molar-refractivity contribution in [1.82, 2.24) is 14.5 Å². The second kappa shape index (κ2) is 6.70. The van der Waals surface area contributed by atoms with Crippen LogP contribution in [0.15, 0.2) is 12.5 Å². The fourth-order valence-corrected chi connectivity index (χ4v) is 2.77. The molecule has 0 aromatic carbocycles. The van der Waals surface area contributed by atoms with Gasteiger partial charge >= 0.3 is 0 Å². The monoisotopic (exact) mass is 264 g/mol. The minimum atomic E-state index is 0.0564. The summed E-state index contributed by atoms with van der Waals surface area (Å²) in [6.45, 7) is 1.37. The van der Waals surface area contributed by atoms with E-state index in [1.165, 1.54) is 19.3 Å². The van der Waals surface area contributed by atoms with Gasteiger partial charge in [-0.15, -0.1) is 0 Å². The highest BCUT2D eigenvalue weighted by Crippen LogP contribution is 2.24. The first kappa shape index (κ1) is 14.1. The Morgan fingerprint density at radius 1 is 1.47 bits per heavy atom. The van der Waals surface area contributed by atoms with Crippen LogP contribution >= 0.6 is 0 Å². The van der Waals surface area contributed by atoms with Crippen LogP contribution in [0.3, 0.4) is 0 Å². The van der Waals surface area contributed by atoms with Crippen molar-refractivity contribution in [3.05, 3.63) is 18.2 Å². The van der Waals surface area contributed by atoms with Crippen molar-refractivity contribution in [3.63, 3.8) is 0 Å². The van der Waals surface area contributed by atoms with E-state index in [1.54, 1.807) is 12.5 Å². The lowest BCUT2D eigenvalue weighted by molar-refractivity contribution is 0.0627. The summed E-state index contributed by atoms with van der Waals surface area (Å²) in [6.07, 6.45) is 10.3. The first-order valence-electron chi connectivity index (χ1n) is 7.21. The van der Waals surface area contributed by atoms with E-state index in [2.05, 4.69) is 4.98 Å². The smallest absolute Gasteiger partial charge is 0.274 e. The first-order chi connectivity index (χ1) is 9.22. The molecule has 0 saturated heterocycles. The molecule has 19 heavy (non-hydrogen) atoms. The third kappa shape index (κ3) is 3.56. The number of hydrogen-bond acceptors (Lipinski definition) is 3. The fourth-order valence-electron chi connectivity index (χ4n) is 2.77. The second-order valence-corrected chi connectivity index (χ2v) is 5.36. The third-order valence-electron chi connectivity index (χ3n) is 3.80. The number of carbonyl (C=O) groups is 1. The van der Waals surface area contributed by atoms with Crippen LogP contribution in [0, 0.1) is 0 Å². The fraction of sp³-hybridized carbons (Fsp3) is 0.714. The standard InChI is InChI=1S/C14H24N4O/c1-17-10-13(16-11-17)14(19)18(9-5-8-15)12-6-3-2-4-7-12/h10-12H,2-9,15H2,1H3. The number of imidazole rings is 1. The van der Waals surface area contributed by atoms with Gasteiger partial charge in [-0.3, -0.25) is 4.79 Å². The Kier molecular flexibility index (Phi) is 4.96. The van der Waals surface area contributed by atoms with Crippen LogP contribution in [0.25, 0.3) is 0 Å². The van der Waals surface area contributed by atoms with Crippen LogP contribution < -0.4 is 5.73 Å². The lowest BCUT2D eigenvalue weighted by Gasteiger charge is -2.34. The Morgan fingerprint density at radius 2 is 2.21 bits per heavy atom. The van der Waals surface area contributed by atoms with E-state index in [4.69, 9.17) is 5.73 Å². The molecule has 5 nitrogen and oxygen atoms in total. The molecule has 0 unspecified atom stereocenters. The van der Waals surface area contributed by atoms with Gasteiger partial charge in [0.1, 0.15) is 5.69 Å². The number of amides is 1. The second-order valence-electron chi connectivity index (χ2n) is 5.36. The molecular formula is C14H24N4O. The number of carbonyl (C=O) groups excluding carboxylic acids is 1. The molecule has 1 heterocycles. The SMILES string of the molecule is Cn1cnc(C(=O)N(CCCN)C2CCCCC2)c1. The molecule has 1 aliphatic rings. The number of nitrogens with zero attached hydrogens (tertiary/aromatic N) is 3. The average Bonchev–Trinajstić information content (AvgIpc) is 2.87. The van der Waals surface area contributed by atoms with Gasteiger partial charge in [0.2, 0.25) is 0 Å². The lowest BCUT2D eigenvalue weighted by Crippen LogP contribution is -2.42. The maximum atomic E-state index is 12.6. The van der Waals surface area contributed by atoms with Crippen LogP contribution in [0.1, 0.15) is 49.0 Å². The van der Waals surface area contributed by atoms with E-state index in [-0.39, 0.29) is 5.91 Å². The Balaban J connectivity index is 2.09. The molecule has 106 valence electrons. The minimum absolute atomic E-state index is 0.0564. The largest absolute Gasteiger partial charge is 0.340 e. The van der Waals surface area contributed by atoms with Crippen molar-refractivity contribution >= 4 is 5.91 Å². The van der Waals surface area contributed by atoms with Crippen LogP contribution in [0.5, 0.6) is 0 Å². The average molecular weight is 264 g/mol. The van der Waals surface area contributed by atoms with Gasteiger partial charge in [0.15, 0.2) is 0 Å². The third-order valence-corrected chi connectivity index (χ3v) is 3.80. The van der Waals surface area contributed by atoms with Gasteiger partial charge in [-0.1, -0.05) is 19.3 Å². The number of hydrogen-bond donors (Lipinski definition) is 1. The number of aryl methyl sites for hydroxylation is 1. The molecule has 2 N–H and O–H groups in total. The summed E-state index contributed by atoms with van der Waals surface area (Å²) in [6, 6.07) is 0.370. The van der Waals surface area contributed by atoms with E-state index in [0.717, 1.165) is 25.8 Å². The zero-order valence-corrected chi connectivity index (χ0v) is 11.7. The molecule has 0 radical (unpaired) electrons. The first-order valence-corrected chi connectivity index (χ1v) is 7.21. The van der Waals surface area contributed by atoms with Crippen molar-refractivity contribution in [2.75, 3.05) is 13.1 Å².